The summed E-state index contributed by atoms with van der Waals surface area (Å²) >= 11 is 0. The van der Waals surface area contributed by atoms with Gasteiger partial charge in [0.15, 0.2) is 5.65 Å². The molecule has 2 aliphatic rings. The van der Waals surface area contributed by atoms with Crippen LogP contribution in [0.1, 0.15) is 54.5 Å². The van der Waals surface area contributed by atoms with Crippen molar-refractivity contribution in [2.45, 2.75) is 44.7 Å². The predicted molar refractivity (Wildman–Crippen MR) is 108 cm³/mol. The van der Waals surface area contributed by atoms with Gasteiger partial charge in [-0.15, -0.1) is 0 Å². The highest BCUT2D eigenvalue weighted by Gasteiger charge is 2.38. The molecule has 5 heterocycles. The molecule has 3 aromatic heterocycles. The van der Waals surface area contributed by atoms with Crippen LogP contribution in [0.25, 0.3) is 5.65 Å². The zero-order valence-corrected chi connectivity index (χ0v) is 16.8. The summed E-state index contributed by atoms with van der Waals surface area (Å²) in [5.74, 6) is 0.152. The lowest BCUT2D eigenvalue weighted by molar-refractivity contribution is 0.0910. The number of hydrogen-bond donors (Lipinski definition) is 1. The summed E-state index contributed by atoms with van der Waals surface area (Å²) in [6.07, 6.45) is 5.13. The summed E-state index contributed by atoms with van der Waals surface area (Å²) in [5.41, 5.74) is 2.06. The molecule has 2 aliphatic heterocycles. The lowest BCUT2D eigenvalue weighted by Crippen LogP contribution is -2.43. The van der Waals surface area contributed by atoms with E-state index in [4.69, 9.17) is 9.72 Å². The van der Waals surface area contributed by atoms with Gasteiger partial charge in [-0.1, -0.05) is 6.07 Å². The number of carbonyl (C=O) groups is 2. The molecule has 4 bridgehead atoms. The van der Waals surface area contributed by atoms with Gasteiger partial charge in [0.05, 0.1) is 11.9 Å². The molecule has 0 aliphatic carbocycles. The van der Waals surface area contributed by atoms with Gasteiger partial charge in [-0.05, 0) is 51.3 Å². The Morgan fingerprint density at radius 3 is 2.93 bits per heavy atom. The summed E-state index contributed by atoms with van der Waals surface area (Å²) in [6.45, 7) is 4.20. The molecular weight excluding hydrogens is 384 g/mol. The van der Waals surface area contributed by atoms with Gasteiger partial charge in [0, 0.05) is 17.4 Å². The highest BCUT2D eigenvalue weighted by atomic mass is 16.6. The number of aromatic nitrogens is 4. The monoisotopic (exact) mass is 406 g/mol. The largest absolute Gasteiger partial charge is 0.446 e. The van der Waals surface area contributed by atoms with E-state index in [1.165, 1.54) is 15.6 Å². The molecule has 1 unspecified atom stereocenters. The number of nitrogens with zero attached hydrogens (tertiary/aromatic N) is 5. The molecule has 3 aromatic rings. The Bertz CT molecular complexity index is 1150. The Morgan fingerprint density at radius 1 is 1.20 bits per heavy atom. The minimum atomic E-state index is -0.486. The fourth-order valence-corrected chi connectivity index (χ4v) is 4.02. The van der Waals surface area contributed by atoms with E-state index in [0.29, 0.717) is 17.0 Å². The fourth-order valence-electron chi connectivity index (χ4n) is 4.02. The lowest BCUT2D eigenvalue weighted by atomic mass is 9.96. The van der Waals surface area contributed by atoms with E-state index >= 15 is 0 Å². The smallest absolute Gasteiger partial charge is 0.416 e. The number of cyclic esters (lactones) is 1. The van der Waals surface area contributed by atoms with Crippen molar-refractivity contribution in [2.75, 3.05) is 11.5 Å². The van der Waals surface area contributed by atoms with E-state index in [2.05, 4.69) is 15.4 Å². The number of carbonyl (C=O) groups excluding carboxylic acids is 2. The van der Waals surface area contributed by atoms with Crippen LogP contribution in [0, 0.1) is 0 Å². The quantitative estimate of drug-likeness (QED) is 0.616. The van der Waals surface area contributed by atoms with Crippen LogP contribution in [0.5, 0.6) is 0 Å². The van der Waals surface area contributed by atoms with Crippen LogP contribution in [0.3, 0.4) is 0 Å². The standard InChI is InChI=1S/C21H22N6O3/c1-21(2)9-4-6-13-5-3-7-15(23-13)16-12-30-20(29)27(16)17-8-10-26-18(24-17)14(11-22-26)19(28)25-21/h3,5,7-8,10-11,16H,4,6,9,12H2,1-2H3,(H,25,28). The molecule has 30 heavy (non-hydrogen) atoms. The molecule has 0 radical (unpaired) electrons. The van der Waals surface area contributed by atoms with Crippen molar-refractivity contribution in [3.05, 3.63) is 53.6 Å². The van der Waals surface area contributed by atoms with Crippen molar-refractivity contribution >= 4 is 23.5 Å². The molecule has 0 spiro atoms. The van der Waals surface area contributed by atoms with Crippen LogP contribution in [-0.4, -0.2) is 43.7 Å². The molecule has 0 aromatic carbocycles. The number of ether oxygens (including phenoxy) is 1. The van der Waals surface area contributed by atoms with Gasteiger partial charge in [0.1, 0.15) is 24.0 Å². The van der Waals surface area contributed by atoms with Gasteiger partial charge < -0.3 is 10.1 Å². The molecule has 1 saturated heterocycles. The SMILES string of the molecule is CC1(C)CCCc2cccc(n2)C2COC(=O)N2c2ccn3ncc(c3n2)C(=O)N1. The van der Waals surface area contributed by atoms with Crippen molar-refractivity contribution in [3.63, 3.8) is 0 Å². The normalized spacial score (nSPS) is 21.0. The topological polar surface area (TPSA) is 102 Å². The maximum atomic E-state index is 13.0. The molecule has 0 saturated carbocycles. The minimum Gasteiger partial charge on any atom is -0.446 e. The second kappa shape index (κ2) is 6.79. The van der Waals surface area contributed by atoms with Crippen LogP contribution in [0.2, 0.25) is 0 Å². The zero-order chi connectivity index (χ0) is 20.9. The average Bonchev–Trinajstić information content (AvgIpc) is 3.30. The number of pyridine rings is 1. The maximum Gasteiger partial charge on any atom is 0.416 e. The molecule has 154 valence electrons. The number of anilines is 1. The fraction of sp³-hybridized carbons (Fsp3) is 0.381. The van der Waals surface area contributed by atoms with Gasteiger partial charge in [-0.3, -0.25) is 9.78 Å². The third-order valence-electron chi connectivity index (χ3n) is 5.58. The van der Waals surface area contributed by atoms with E-state index in [1.807, 2.05) is 32.0 Å². The first-order valence-corrected chi connectivity index (χ1v) is 10.00. The first-order valence-electron chi connectivity index (χ1n) is 10.00. The summed E-state index contributed by atoms with van der Waals surface area (Å²) in [5, 5.41) is 7.32. The van der Waals surface area contributed by atoms with Crippen molar-refractivity contribution in [1.82, 2.24) is 24.9 Å². The zero-order valence-electron chi connectivity index (χ0n) is 16.8. The van der Waals surface area contributed by atoms with E-state index in [1.54, 1.807) is 12.3 Å². The van der Waals surface area contributed by atoms with Crippen molar-refractivity contribution in [1.29, 1.82) is 0 Å². The Labute approximate surface area is 173 Å². The van der Waals surface area contributed by atoms with E-state index < -0.39 is 11.6 Å². The second-order valence-corrected chi connectivity index (χ2v) is 8.32. The first kappa shape index (κ1) is 18.5. The highest BCUT2D eigenvalue weighted by molar-refractivity contribution is 6.00. The summed E-state index contributed by atoms with van der Waals surface area (Å²) < 4.78 is 6.85. The maximum absolute atomic E-state index is 13.0. The average molecular weight is 406 g/mol. The van der Waals surface area contributed by atoms with Crippen LogP contribution >= 0.6 is 0 Å². The van der Waals surface area contributed by atoms with Crippen LogP contribution in [0.15, 0.2) is 36.7 Å². The van der Waals surface area contributed by atoms with Crippen molar-refractivity contribution < 1.29 is 14.3 Å². The number of amides is 2. The predicted octanol–water partition coefficient (Wildman–Crippen LogP) is 2.67. The third-order valence-corrected chi connectivity index (χ3v) is 5.58. The van der Waals surface area contributed by atoms with Crippen LogP contribution < -0.4 is 10.2 Å². The Balaban J connectivity index is 1.67. The molecular formula is C21H22N6O3. The van der Waals surface area contributed by atoms with E-state index in [-0.39, 0.29) is 18.6 Å². The van der Waals surface area contributed by atoms with E-state index in [0.717, 1.165) is 30.7 Å². The Hall–Kier alpha value is -3.49. The Kier molecular flexibility index (Phi) is 4.19. The van der Waals surface area contributed by atoms with Gasteiger partial charge in [-0.2, -0.15) is 5.10 Å². The molecule has 1 N–H and O–H groups in total. The van der Waals surface area contributed by atoms with Gasteiger partial charge in [0.2, 0.25) is 0 Å². The number of rotatable bonds is 0. The molecule has 1 fully saturated rings. The van der Waals surface area contributed by atoms with Crippen molar-refractivity contribution in [2.24, 2.45) is 0 Å². The molecule has 2 amide bonds. The number of hydrogen-bond acceptors (Lipinski definition) is 6. The van der Waals surface area contributed by atoms with Gasteiger partial charge in [-0.25, -0.2) is 19.2 Å². The summed E-state index contributed by atoms with van der Waals surface area (Å²) in [6, 6.07) is 7.15. The Morgan fingerprint density at radius 2 is 2.07 bits per heavy atom. The van der Waals surface area contributed by atoms with E-state index in [9.17, 15) is 9.59 Å². The number of aryl methyl sites for hydroxylation is 1. The lowest BCUT2D eigenvalue weighted by Gasteiger charge is -2.26. The van der Waals surface area contributed by atoms with Gasteiger partial charge >= 0.3 is 6.09 Å². The summed E-state index contributed by atoms with van der Waals surface area (Å²) in [4.78, 5) is 36.4. The molecule has 9 heteroatoms. The van der Waals surface area contributed by atoms with Crippen LogP contribution in [-0.2, 0) is 11.2 Å². The molecule has 1 atom stereocenters. The van der Waals surface area contributed by atoms with Gasteiger partial charge in [0.25, 0.3) is 5.91 Å². The molecule has 9 nitrogen and oxygen atoms in total. The van der Waals surface area contributed by atoms with Crippen molar-refractivity contribution in [3.8, 4) is 0 Å². The highest BCUT2D eigenvalue weighted by Crippen LogP contribution is 2.32. The minimum absolute atomic E-state index is 0.196. The molecule has 5 rings (SSSR count). The number of nitrogens with one attached hydrogen (secondary N) is 1. The van der Waals surface area contributed by atoms with Crippen LogP contribution in [0.4, 0.5) is 10.6 Å². The second-order valence-electron chi connectivity index (χ2n) is 8.32. The summed E-state index contributed by atoms with van der Waals surface area (Å²) in [7, 11) is 0. The number of fused-ring (bicyclic) bond motifs is 6. The first-order chi connectivity index (χ1) is 14.4. The third kappa shape index (κ3) is 3.16.